The molecule has 2 aromatic rings. The second-order valence-corrected chi connectivity index (χ2v) is 11.4. The van der Waals surface area contributed by atoms with Gasteiger partial charge in [-0.15, -0.1) is 0 Å². The number of thioether (sulfide) groups is 1. The predicted octanol–water partition coefficient (Wildman–Crippen LogP) is 3.57. The fraction of sp³-hybridized carbons (Fsp3) is 0.476. The van der Waals surface area contributed by atoms with Crippen molar-refractivity contribution in [3.05, 3.63) is 41.5 Å². The number of anilines is 1. The Bertz CT molecular complexity index is 1190. The number of halogens is 2. The first-order chi connectivity index (χ1) is 16.3. The number of rotatable bonds is 8. The fourth-order valence-corrected chi connectivity index (χ4v) is 5.79. The Morgan fingerprint density at radius 1 is 1.34 bits per heavy atom. The lowest BCUT2D eigenvalue weighted by Gasteiger charge is -2.37. The normalized spacial score (nSPS) is 16.8. The largest absolute Gasteiger partial charge is 0.481 e. The Labute approximate surface area is 206 Å². The molecule has 1 aromatic heterocycles. The van der Waals surface area contributed by atoms with Crippen molar-refractivity contribution in [1.29, 1.82) is 0 Å². The molecule has 0 saturated carbocycles. The van der Waals surface area contributed by atoms with Gasteiger partial charge in [-0.25, -0.2) is 18.6 Å². The summed E-state index contributed by atoms with van der Waals surface area (Å²) in [7, 11) is -2.73. The minimum Gasteiger partial charge on any atom is -0.481 e. The molecule has 1 atom stereocenters. The molecule has 0 aliphatic carbocycles. The van der Waals surface area contributed by atoms with E-state index in [1.165, 1.54) is 30.2 Å². The molecule has 0 radical (unpaired) electrons. The molecule has 3 rings (SSSR count). The van der Waals surface area contributed by atoms with Crippen LogP contribution in [0, 0.1) is 11.6 Å². The maximum absolute atomic E-state index is 13.9. The topological polar surface area (TPSA) is 125 Å². The summed E-state index contributed by atoms with van der Waals surface area (Å²) in [6, 6.07) is 4.61. The van der Waals surface area contributed by atoms with Gasteiger partial charge in [-0.1, -0.05) is 23.9 Å². The lowest BCUT2D eigenvalue weighted by molar-refractivity contribution is 0.0742. The molecule has 2 N–H and O–H groups in total. The Morgan fingerprint density at radius 3 is 2.69 bits per heavy atom. The zero-order valence-electron chi connectivity index (χ0n) is 19.7. The van der Waals surface area contributed by atoms with Crippen molar-refractivity contribution in [2.75, 3.05) is 24.9 Å². The Kier molecular flexibility index (Phi) is 8.07. The second-order valence-electron chi connectivity index (χ2n) is 8.81. The number of carbonyl (C=O) groups is 1. The van der Waals surface area contributed by atoms with Crippen molar-refractivity contribution in [1.82, 2.24) is 19.2 Å². The summed E-state index contributed by atoms with van der Waals surface area (Å²) in [5.74, 6) is -1.94. The summed E-state index contributed by atoms with van der Waals surface area (Å²) in [4.78, 5) is 21.3. The molecule has 2 heterocycles. The number of carboxylic acid groups (broad SMARTS) is 1. The molecule has 0 bridgehead atoms. The summed E-state index contributed by atoms with van der Waals surface area (Å²) in [5.41, 5.74) is -0.592. The van der Waals surface area contributed by atoms with Crippen LogP contribution in [0.25, 0.3) is 0 Å². The van der Waals surface area contributed by atoms with Crippen LogP contribution in [0.2, 0.25) is 0 Å². The number of aromatic nitrogens is 2. The van der Waals surface area contributed by atoms with Gasteiger partial charge in [-0.05, 0) is 33.3 Å². The maximum atomic E-state index is 13.9. The van der Waals surface area contributed by atoms with E-state index in [1.54, 1.807) is 20.8 Å². The van der Waals surface area contributed by atoms with Crippen molar-refractivity contribution in [2.24, 2.45) is 0 Å². The molecule has 0 spiro atoms. The van der Waals surface area contributed by atoms with Crippen LogP contribution in [0.5, 0.6) is 5.88 Å². The van der Waals surface area contributed by atoms with Crippen LogP contribution in [0.15, 0.2) is 29.4 Å². The number of benzene rings is 1. The van der Waals surface area contributed by atoms with E-state index in [4.69, 9.17) is 4.74 Å². The molecular weight excluding hydrogens is 504 g/mol. The average molecular weight is 532 g/mol. The number of nitrogens with zero attached hydrogens (tertiary/aromatic N) is 4. The molecule has 192 valence electrons. The molecule has 1 fully saturated rings. The minimum atomic E-state index is -4.07. The van der Waals surface area contributed by atoms with Gasteiger partial charge in [0.1, 0.15) is 5.82 Å². The highest BCUT2D eigenvalue weighted by Gasteiger charge is 2.40. The summed E-state index contributed by atoms with van der Waals surface area (Å²) >= 11 is 0.979. The highest BCUT2D eigenvalue weighted by molar-refractivity contribution is 7.98. The molecule has 1 aromatic carbocycles. The van der Waals surface area contributed by atoms with Crippen molar-refractivity contribution < 1.29 is 31.8 Å². The van der Waals surface area contributed by atoms with E-state index in [2.05, 4.69) is 14.7 Å². The zero-order chi connectivity index (χ0) is 26.0. The maximum Gasteiger partial charge on any atom is 0.408 e. The van der Waals surface area contributed by atoms with Crippen LogP contribution < -0.4 is 9.46 Å². The number of amides is 1. The molecule has 1 aliphatic heterocycles. The summed E-state index contributed by atoms with van der Waals surface area (Å²) < 4.78 is 62.1. The van der Waals surface area contributed by atoms with Gasteiger partial charge in [0.2, 0.25) is 5.88 Å². The fourth-order valence-electron chi connectivity index (χ4n) is 3.75. The lowest BCUT2D eigenvalue weighted by Crippen LogP contribution is -2.52. The van der Waals surface area contributed by atoms with Crippen LogP contribution in [0.3, 0.4) is 0 Å². The SMILES string of the molecule is COc1cc(NS(=O)(=O)N2CC[C@H](N(C(=O)O)C(C)(C)C)C2)nc(SCc2cccc(F)c2F)n1. The van der Waals surface area contributed by atoms with Crippen LogP contribution in [-0.2, 0) is 16.0 Å². The first-order valence-corrected chi connectivity index (χ1v) is 13.0. The summed E-state index contributed by atoms with van der Waals surface area (Å²) in [6.07, 6.45) is -0.774. The quantitative estimate of drug-likeness (QED) is 0.391. The zero-order valence-corrected chi connectivity index (χ0v) is 21.3. The Balaban J connectivity index is 1.75. The van der Waals surface area contributed by atoms with Crippen molar-refractivity contribution >= 4 is 33.9 Å². The van der Waals surface area contributed by atoms with E-state index in [-0.39, 0.29) is 41.3 Å². The van der Waals surface area contributed by atoms with Gasteiger partial charge in [0.05, 0.1) is 13.2 Å². The first-order valence-electron chi connectivity index (χ1n) is 10.6. The molecular formula is C21H27F2N5O5S2. The average Bonchev–Trinajstić information content (AvgIpc) is 3.23. The summed E-state index contributed by atoms with van der Waals surface area (Å²) in [5, 5.41) is 9.70. The Hall–Kier alpha value is -2.71. The van der Waals surface area contributed by atoms with Crippen molar-refractivity contribution in [3.63, 3.8) is 0 Å². The van der Waals surface area contributed by atoms with E-state index in [0.717, 1.165) is 22.1 Å². The molecule has 0 unspecified atom stereocenters. The van der Waals surface area contributed by atoms with Crippen LogP contribution in [0.1, 0.15) is 32.8 Å². The molecule has 14 heteroatoms. The van der Waals surface area contributed by atoms with E-state index in [0.29, 0.717) is 6.42 Å². The van der Waals surface area contributed by atoms with Crippen LogP contribution in [-0.4, -0.2) is 70.6 Å². The Morgan fingerprint density at radius 2 is 2.06 bits per heavy atom. The minimum absolute atomic E-state index is 0.00851. The second kappa shape index (κ2) is 10.5. The third kappa shape index (κ3) is 6.49. The molecule has 1 amide bonds. The number of methoxy groups -OCH3 is 1. The highest BCUT2D eigenvalue weighted by atomic mass is 32.2. The van der Waals surface area contributed by atoms with Gasteiger partial charge < -0.3 is 9.84 Å². The number of hydrogen-bond donors (Lipinski definition) is 2. The van der Waals surface area contributed by atoms with Gasteiger partial charge in [0.15, 0.2) is 16.8 Å². The smallest absolute Gasteiger partial charge is 0.408 e. The predicted molar refractivity (Wildman–Crippen MR) is 127 cm³/mol. The van der Waals surface area contributed by atoms with E-state index >= 15 is 0 Å². The highest BCUT2D eigenvalue weighted by Crippen LogP contribution is 2.28. The van der Waals surface area contributed by atoms with Crippen molar-refractivity contribution in [2.45, 2.75) is 49.7 Å². The third-order valence-corrected chi connectivity index (χ3v) is 7.65. The lowest BCUT2D eigenvalue weighted by atomic mass is 10.0. The number of hydrogen-bond acceptors (Lipinski definition) is 7. The van der Waals surface area contributed by atoms with Gasteiger partial charge in [0, 0.05) is 36.0 Å². The van der Waals surface area contributed by atoms with E-state index in [9.17, 15) is 27.1 Å². The molecule has 10 nitrogen and oxygen atoms in total. The number of ether oxygens (including phenoxy) is 1. The summed E-state index contributed by atoms with van der Waals surface area (Å²) in [6.45, 7) is 5.36. The van der Waals surface area contributed by atoms with Crippen LogP contribution >= 0.6 is 11.8 Å². The number of nitrogens with one attached hydrogen (secondary N) is 1. The van der Waals surface area contributed by atoms with Gasteiger partial charge in [-0.2, -0.15) is 17.7 Å². The van der Waals surface area contributed by atoms with Gasteiger partial charge in [0.25, 0.3) is 0 Å². The molecule has 1 aliphatic rings. The van der Waals surface area contributed by atoms with Crippen LogP contribution in [0.4, 0.5) is 19.4 Å². The van der Waals surface area contributed by atoms with Crippen molar-refractivity contribution in [3.8, 4) is 5.88 Å². The molecule has 35 heavy (non-hydrogen) atoms. The van der Waals surface area contributed by atoms with E-state index < -0.39 is 39.5 Å². The molecule has 1 saturated heterocycles. The third-order valence-electron chi connectivity index (χ3n) is 5.27. The monoisotopic (exact) mass is 531 g/mol. The standard InChI is InChI=1S/C21H27F2N5O5S2/c1-21(2,3)28(20(29)30)14-8-9-27(11-14)35(31,32)26-16-10-17(33-4)25-19(24-16)34-12-13-6-5-7-15(22)18(13)23/h5-7,10,14H,8-9,11-12H2,1-4H3,(H,29,30)(H,24,25,26)/t14-/m0/s1. The van der Waals surface area contributed by atoms with Gasteiger partial charge in [-0.3, -0.25) is 9.62 Å². The van der Waals surface area contributed by atoms with Gasteiger partial charge >= 0.3 is 16.3 Å². The first kappa shape index (κ1) is 26.9. The van der Waals surface area contributed by atoms with E-state index in [1.807, 2.05) is 0 Å².